The number of hydrogen-bond acceptors (Lipinski definition) is 2. The normalized spacial score (nSPS) is 10.6. The summed E-state index contributed by atoms with van der Waals surface area (Å²) < 4.78 is 0. The van der Waals surface area contributed by atoms with Crippen LogP contribution in [0.5, 0.6) is 0 Å². The fraction of sp³-hybridized carbons (Fsp3) is 0.0526. The van der Waals surface area contributed by atoms with Crippen molar-refractivity contribution in [1.29, 1.82) is 0 Å². The largest absolute Gasteiger partial charge is 0.294 e. The lowest BCUT2D eigenvalue weighted by atomic mass is 10.2. The van der Waals surface area contributed by atoms with E-state index in [1.54, 1.807) is 13.1 Å². The number of Topliss-reactive ketones (excluding diaryl/α,β-unsaturated/α-hetero) is 1. The molecule has 3 aromatic rings. The van der Waals surface area contributed by atoms with Gasteiger partial charge in [-0.25, -0.2) is 0 Å². The molecular formula is C19H16NOP. The summed E-state index contributed by atoms with van der Waals surface area (Å²) in [5, 5.41) is 2.40. The Morgan fingerprint density at radius 2 is 1.36 bits per heavy atom. The van der Waals surface area contributed by atoms with Gasteiger partial charge in [-0.2, -0.15) is 0 Å². The first kappa shape index (κ1) is 14.6. The minimum Gasteiger partial charge on any atom is -0.294 e. The van der Waals surface area contributed by atoms with Crippen molar-refractivity contribution >= 4 is 29.7 Å². The molecule has 0 aliphatic carbocycles. The summed E-state index contributed by atoms with van der Waals surface area (Å²) in [6.45, 7) is 1.60. The van der Waals surface area contributed by atoms with Gasteiger partial charge < -0.3 is 0 Å². The van der Waals surface area contributed by atoms with E-state index in [2.05, 4.69) is 29.2 Å². The van der Waals surface area contributed by atoms with Gasteiger partial charge in [-0.3, -0.25) is 9.78 Å². The van der Waals surface area contributed by atoms with E-state index in [0.717, 1.165) is 5.44 Å². The molecule has 0 unspecified atom stereocenters. The second-order valence-electron chi connectivity index (χ2n) is 4.94. The van der Waals surface area contributed by atoms with Crippen LogP contribution >= 0.6 is 7.92 Å². The molecule has 2 aromatic carbocycles. The maximum Gasteiger partial charge on any atom is 0.162 e. The Bertz CT molecular complexity index is 732. The molecule has 0 fully saturated rings. The molecule has 0 atom stereocenters. The van der Waals surface area contributed by atoms with Crippen molar-refractivity contribution < 1.29 is 4.79 Å². The van der Waals surface area contributed by atoms with Crippen LogP contribution in [0.25, 0.3) is 0 Å². The molecule has 0 amide bonds. The molecule has 0 saturated heterocycles. The molecule has 0 saturated carbocycles. The summed E-state index contributed by atoms with van der Waals surface area (Å²) in [7, 11) is -0.831. The molecule has 0 aliphatic rings. The Hall–Kier alpha value is -2.31. The summed E-state index contributed by atoms with van der Waals surface area (Å²) in [6, 6.07) is 24.3. The van der Waals surface area contributed by atoms with E-state index in [-0.39, 0.29) is 5.78 Å². The fourth-order valence-corrected chi connectivity index (χ4v) is 4.78. The summed E-state index contributed by atoms with van der Waals surface area (Å²) in [4.78, 5) is 16.6. The number of nitrogens with zero attached hydrogens (tertiary/aromatic N) is 1. The maximum absolute atomic E-state index is 12.0. The van der Waals surface area contributed by atoms with Crippen molar-refractivity contribution in [3.8, 4) is 0 Å². The minimum absolute atomic E-state index is 0.0578. The summed E-state index contributed by atoms with van der Waals surface area (Å²) in [6.07, 6.45) is 1.77. The Kier molecular flexibility index (Phi) is 4.41. The molecule has 3 heteroatoms. The minimum atomic E-state index is -0.831. The van der Waals surface area contributed by atoms with Crippen LogP contribution in [0.3, 0.4) is 0 Å². The summed E-state index contributed by atoms with van der Waals surface area (Å²) in [5.41, 5.74) is 1.59. The molecule has 1 heterocycles. The van der Waals surface area contributed by atoms with Gasteiger partial charge >= 0.3 is 0 Å². The number of pyridine rings is 1. The lowest BCUT2D eigenvalue weighted by Crippen LogP contribution is -2.26. The van der Waals surface area contributed by atoms with Crippen LogP contribution < -0.4 is 16.0 Å². The molecule has 0 bridgehead atoms. The standard InChI is InChI=1S/C19H16NOP/c1-15(21)18-13-8-14-20-19(18)22(16-9-4-2-5-10-16)17-11-6-3-7-12-17/h2-14H,1H3. The van der Waals surface area contributed by atoms with Crippen LogP contribution in [-0.4, -0.2) is 10.8 Å². The van der Waals surface area contributed by atoms with Gasteiger partial charge in [-0.1, -0.05) is 60.7 Å². The topological polar surface area (TPSA) is 30.0 Å². The maximum atomic E-state index is 12.0. The molecule has 0 aliphatic heterocycles. The van der Waals surface area contributed by atoms with Gasteiger partial charge in [0.1, 0.15) is 0 Å². The summed E-state index contributed by atoms with van der Waals surface area (Å²) >= 11 is 0. The molecule has 0 radical (unpaired) electrons. The zero-order chi connectivity index (χ0) is 15.4. The highest BCUT2D eigenvalue weighted by molar-refractivity contribution is 7.79. The van der Waals surface area contributed by atoms with Gasteiger partial charge in [-0.15, -0.1) is 0 Å². The van der Waals surface area contributed by atoms with Crippen LogP contribution in [0.2, 0.25) is 0 Å². The van der Waals surface area contributed by atoms with Crippen LogP contribution in [0.4, 0.5) is 0 Å². The highest BCUT2D eigenvalue weighted by Gasteiger charge is 2.21. The van der Waals surface area contributed by atoms with Gasteiger partial charge in [0.05, 0.1) is 5.44 Å². The second-order valence-corrected chi connectivity index (χ2v) is 7.06. The Labute approximate surface area is 131 Å². The fourth-order valence-electron chi connectivity index (χ4n) is 2.40. The molecule has 0 N–H and O–H groups in total. The number of carbonyl (C=O) groups is 1. The van der Waals surface area contributed by atoms with E-state index in [4.69, 9.17) is 0 Å². The molecule has 108 valence electrons. The van der Waals surface area contributed by atoms with E-state index >= 15 is 0 Å². The van der Waals surface area contributed by atoms with E-state index in [1.807, 2.05) is 48.5 Å². The van der Waals surface area contributed by atoms with Gasteiger partial charge in [0.2, 0.25) is 0 Å². The second kappa shape index (κ2) is 6.64. The van der Waals surface area contributed by atoms with E-state index in [9.17, 15) is 4.79 Å². The molecule has 2 nitrogen and oxygen atoms in total. The number of ketones is 1. The van der Waals surface area contributed by atoms with Gasteiger partial charge in [-0.05, 0) is 29.7 Å². The number of aromatic nitrogens is 1. The van der Waals surface area contributed by atoms with Crippen LogP contribution in [0.15, 0.2) is 79.0 Å². The Morgan fingerprint density at radius 1 is 0.818 bits per heavy atom. The Morgan fingerprint density at radius 3 is 1.86 bits per heavy atom. The number of hydrogen-bond donors (Lipinski definition) is 0. The van der Waals surface area contributed by atoms with Crippen LogP contribution in [0, 0.1) is 0 Å². The molecule has 22 heavy (non-hydrogen) atoms. The zero-order valence-corrected chi connectivity index (χ0v) is 13.2. The molecule has 0 spiro atoms. The van der Waals surface area contributed by atoms with E-state index in [1.165, 1.54) is 10.6 Å². The third-order valence-corrected chi connectivity index (χ3v) is 5.82. The van der Waals surface area contributed by atoms with Gasteiger partial charge in [0.15, 0.2) is 5.78 Å². The van der Waals surface area contributed by atoms with Crippen LogP contribution in [0.1, 0.15) is 17.3 Å². The van der Waals surface area contributed by atoms with E-state index in [0.29, 0.717) is 5.56 Å². The number of benzene rings is 2. The average Bonchev–Trinajstić information content (AvgIpc) is 2.57. The quantitative estimate of drug-likeness (QED) is 0.548. The summed E-state index contributed by atoms with van der Waals surface area (Å²) in [5.74, 6) is 0.0578. The third-order valence-electron chi connectivity index (χ3n) is 3.41. The van der Waals surface area contributed by atoms with Crippen LogP contribution in [-0.2, 0) is 0 Å². The predicted octanol–water partition coefficient (Wildman–Crippen LogP) is 3.04. The van der Waals surface area contributed by atoms with Crippen molar-refractivity contribution in [3.63, 3.8) is 0 Å². The number of rotatable bonds is 4. The lowest BCUT2D eigenvalue weighted by Gasteiger charge is -2.20. The number of carbonyl (C=O) groups excluding carboxylic acids is 1. The predicted molar refractivity (Wildman–Crippen MR) is 92.9 cm³/mol. The first-order valence-corrected chi connectivity index (χ1v) is 8.48. The van der Waals surface area contributed by atoms with Gasteiger partial charge in [0.25, 0.3) is 0 Å². The molecule has 1 aromatic heterocycles. The van der Waals surface area contributed by atoms with Crippen molar-refractivity contribution in [3.05, 3.63) is 84.6 Å². The van der Waals surface area contributed by atoms with E-state index < -0.39 is 7.92 Å². The third kappa shape index (κ3) is 2.98. The monoisotopic (exact) mass is 305 g/mol. The van der Waals surface area contributed by atoms with Gasteiger partial charge in [0, 0.05) is 19.7 Å². The first-order chi connectivity index (χ1) is 10.8. The first-order valence-electron chi connectivity index (χ1n) is 7.13. The van der Waals surface area contributed by atoms with Crippen molar-refractivity contribution in [1.82, 2.24) is 4.98 Å². The van der Waals surface area contributed by atoms with Crippen molar-refractivity contribution in [2.75, 3.05) is 0 Å². The highest BCUT2D eigenvalue weighted by atomic mass is 31.1. The Balaban J connectivity index is 2.21. The highest BCUT2D eigenvalue weighted by Crippen LogP contribution is 2.32. The lowest BCUT2D eigenvalue weighted by molar-refractivity contribution is 0.101. The average molecular weight is 305 g/mol. The van der Waals surface area contributed by atoms with Crippen molar-refractivity contribution in [2.24, 2.45) is 0 Å². The SMILES string of the molecule is CC(=O)c1cccnc1P(c1ccccc1)c1ccccc1. The zero-order valence-electron chi connectivity index (χ0n) is 12.3. The van der Waals surface area contributed by atoms with Crippen molar-refractivity contribution in [2.45, 2.75) is 6.92 Å². The molecule has 3 rings (SSSR count). The molecular weight excluding hydrogens is 289 g/mol. The smallest absolute Gasteiger partial charge is 0.162 e.